The molecule has 0 amide bonds. The molecule has 0 bridgehead atoms. The predicted molar refractivity (Wildman–Crippen MR) is 79.2 cm³/mol. The van der Waals surface area contributed by atoms with Crippen LogP contribution in [-0.2, 0) is 21.4 Å². The van der Waals surface area contributed by atoms with Crippen molar-refractivity contribution in [2.45, 2.75) is 31.1 Å². The highest BCUT2D eigenvalue weighted by Gasteiger charge is 2.28. The topological polar surface area (TPSA) is 68.5 Å². The maximum atomic E-state index is 12.1. The summed E-state index contributed by atoms with van der Waals surface area (Å²) >= 11 is 0. The van der Waals surface area contributed by atoms with Gasteiger partial charge in [-0.3, -0.25) is 0 Å². The van der Waals surface area contributed by atoms with Crippen LogP contribution in [0.5, 0.6) is 0 Å². The van der Waals surface area contributed by atoms with E-state index in [1.54, 1.807) is 13.8 Å². The number of nitrogens with one attached hydrogen (secondary N) is 1. The largest absolute Gasteiger partial charge is 0.452 e. The van der Waals surface area contributed by atoms with E-state index in [0.717, 1.165) is 5.56 Å². The molecule has 6 heteroatoms. The molecule has 0 radical (unpaired) electrons. The Labute approximate surface area is 125 Å². The summed E-state index contributed by atoms with van der Waals surface area (Å²) in [5.41, 5.74) is 0.308. The van der Waals surface area contributed by atoms with E-state index in [1.165, 1.54) is 18.4 Å². The lowest BCUT2D eigenvalue weighted by molar-refractivity contribution is 0.0793. The molecule has 0 aliphatic rings. The van der Waals surface area contributed by atoms with E-state index in [0.29, 0.717) is 6.61 Å². The van der Waals surface area contributed by atoms with Crippen LogP contribution in [0.15, 0.2) is 58.2 Å². The number of furan rings is 1. The first kappa shape index (κ1) is 15.8. The van der Waals surface area contributed by atoms with Crippen LogP contribution in [0.2, 0.25) is 0 Å². The average molecular weight is 309 g/mol. The van der Waals surface area contributed by atoms with Gasteiger partial charge in [-0.1, -0.05) is 30.3 Å². The zero-order chi connectivity index (χ0) is 15.3. The third-order valence-electron chi connectivity index (χ3n) is 2.75. The van der Waals surface area contributed by atoms with Crippen molar-refractivity contribution in [2.24, 2.45) is 0 Å². The van der Waals surface area contributed by atoms with E-state index >= 15 is 0 Å². The first-order valence-electron chi connectivity index (χ1n) is 6.58. The van der Waals surface area contributed by atoms with Crippen molar-refractivity contribution in [3.05, 3.63) is 54.3 Å². The van der Waals surface area contributed by atoms with E-state index in [2.05, 4.69) is 4.72 Å². The highest BCUT2D eigenvalue weighted by molar-refractivity contribution is 7.89. The smallest absolute Gasteiger partial charge is 0.274 e. The summed E-state index contributed by atoms with van der Waals surface area (Å²) in [4.78, 5) is 0. The van der Waals surface area contributed by atoms with Gasteiger partial charge in [0, 0.05) is 0 Å². The number of hydrogen-bond acceptors (Lipinski definition) is 4. The fraction of sp³-hybridized carbons (Fsp3) is 0.333. The third kappa shape index (κ3) is 4.70. The molecular formula is C15H19NO4S. The molecule has 114 valence electrons. The molecule has 1 aromatic carbocycles. The fourth-order valence-electron chi connectivity index (χ4n) is 1.86. The molecule has 0 unspecified atom stereocenters. The first-order valence-corrected chi connectivity index (χ1v) is 8.07. The Morgan fingerprint density at radius 3 is 2.48 bits per heavy atom. The molecule has 0 saturated carbocycles. The van der Waals surface area contributed by atoms with Crippen LogP contribution in [0, 0.1) is 0 Å². The molecule has 1 N–H and O–H groups in total. The van der Waals surface area contributed by atoms with Gasteiger partial charge in [0.15, 0.2) is 0 Å². The number of rotatable bonds is 7. The summed E-state index contributed by atoms with van der Waals surface area (Å²) in [6.45, 7) is 4.21. The quantitative estimate of drug-likeness (QED) is 0.853. The maximum absolute atomic E-state index is 12.1. The Morgan fingerprint density at radius 1 is 1.14 bits per heavy atom. The monoisotopic (exact) mass is 309 g/mol. The van der Waals surface area contributed by atoms with Gasteiger partial charge >= 0.3 is 0 Å². The first-order chi connectivity index (χ1) is 9.89. The molecule has 0 atom stereocenters. The average Bonchev–Trinajstić information content (AvgIpc) is 2.93. The van der Waals surface area contributed by atoms with E-state index in [4.69, 9.17) is 9.15 Å². The minimum atomic E-state index is -3.67. The number of hydrogen-bond donors (Lipinski definition) is 1. The van der Waals surface area contributed by atoms with Crippen molar-refractivity contribution in [3.63, 3.8) is 0 Å². The lowest BCUT2D eigenvalue weighted by atomic mass is 10.1. The summed E-state index contributed by atoms with van der Waals surface area (Å²) in [5.74, 6) is 0. The second-order valence-corrected chi connectivity index (χ2v) is 7.01. The van der Waals surface area contributed by atoms with Gasteiger partial charge in [-0.2, -0.15) is 0 Å². The van der Waals surface area contributed by atoms with E-state index < -0.39 is 15.6 Å². The lowest BCUT2D eigenvalue weighted by Crippen LogP contribution is -2.46. The van der Waals surface area contributed by atoms with Crippen LogP contribution >= 0.6 is 0 Å². The summed E-state index contributed by atoms with van der Waals surface area (Å²) in [5, 5.41) is -0.0985. The van der Waals surface area contributed by atoms with Crippen molar-refractivity contribution in [1.29, 1.82) is 0 Å². The summed E-state index contributed by atoms with van der Waals surface area (Å²) in [6, 6.07) is 12.7. The number of sulfonamides is 1. The molecule has 0 spiro atoms. The minimum absolute atomic E-state index is 0.0985. The van der Waals surface area contributed by atoms with Crippen LogP contribution in [0.1, 0.15) is 19.4 Å². The van der Waals surface area contributed by atoms with E-state index in [9.17, 15) is 8.42 Å². The molecule has 21 heavy (non-hydrogen) atoms. The van der Waals surface area contributed by atoms with Gasteiger partial charge in [0.1, 0.15) is 0 Å². The Kier molecular flexibility index (Phi) is 4.82. The van der Waals surface area contributed by atoms with Gasteiger partial charge in [0.05, 0.1) is 25.0 Å². The molecular weight excluding hydrogens is 290 g/mol. The Hall–Kier alpha value is -1.63. The molecule has 0 aliphatic carbocycles. The predicted octanol–water partition coefficient (Wildman–Crippen LogP) is 2.55. The van der Waals surface area contributed by atoms with Gasteiger partial charge in [-0.15, -0.1) is 0 Å². The number of benzene rings is 1. The van der Waals surface area contributed by atoms with Crippen LogP contribution in [0.25, 0.3) is 0 Å². The zero-order valence-electron chi connectivity index (χ0n) is 12.1. The van der Waals surface area contributed by atoms with Crippen LogP contribution in [0.4, 0.5) is 0 Å². The molecule has 1 heterocycles. The standard InChI is InChI=1S/C15H19NO4S/c1-15(2,12-19-11-13-7-4-3-5-8-13)16-21(17,18)14-9-6-10-20-14/h3-10,16H,11-12H2,1-2H3. The minimum Gasteiger partial charge on any atom is -0.452 e. The van der Waals surface area contributed by atoms with Crippen molar-refractivity contribution in [3.8, 4) is 0 Å². The Morgan fingerprint density at radius 2 is 1.86 bits per heavy atom. The van der Waals surface area contributed by atoms with Gasteiger partial charge in [0.2, 0.25) is 5.09 Å². The molecule has 0 fully saturated rings. The molecule has 0 saturated heterocycles. The molecule has 2 rings (SSSR count). The highest BCUT2D eigenvalue weighted by Crippen LogP contribution is 2.14. The molecule has 2 aromatic rings. The van der Waals surface area contributed by atoms with Crippen molar-refractivity contribution in [2.75, 3.05) is 6.61 Å². The number of ether oxygens (including phenoxy) is 1. The lowest BCUT2D eigenvalue weighted by Gasteiger charge is -2.25. The maximum Gasteiger partial charge on any atom is 0.274 e. The van der Waals surface area contributed by atoms with Crippen LogP contribution in [0.3, 0.4) is 0 Å². The van der Waals surface area contributed by atoms with Crippen molar-refractivity contribution in [1.82, 2.24) is 4.72 Å². The Balaban J connectivity index is 1.90. The second kappa shape index (κ2) is 6.43. The summed E-state index contributed by atoms with van der Waals surface area (Å²) < 4.78 is 37.3. The molecule has 5 nitrogen and oxygen atoms in total. The van der Waals surface area contributed by atoms with Crippen molar-refractivity contribution >= 4 is 10.0 Å². The van der Waals surface area contributed by atoms with Gasteiger partial charge in [-0.25, -0.2) is 13.1 Å². The zero-order valence-corrected chi connectivity index (χ0v) is 12.9. The van der Waals surface area contributed by atoms with E-state index in [-0.39, 0.29) is 11.7 Å². The van der Waals surface area contributed by atoms with Gasteiger partial charge in [-0.05, 0) is 31.5 Å². The normalized spacial score (nSPS) is 12.5. The molecule has 1 aromatic heterocycles. The van der Waals surface area contributed by atoms with Gasteiger partial charge < -0.3 is 9.15 Å². The van der Waals surface area contributed by atoms with Crippen molar-refractivity contribution < 1.29 is 17.6 Å². The SMILES string of the molecule is CC(C)(COCc1ccccc1)NS(=O)(=O)c1ccco1. The van der Waals surface area contributed by atoms with Gasteiger partial charge in [0.25, 0.3) is 10.0 Å². The third-order valence-corrected chi connectivity index (χ3v) is 4.33. The highest BCUT2D eigenvalue weighted by atomic mass is 32.2. The Bertz CT molecular complexity index is 648. The van der Waals surface area contributed by atoms with Crippen LogP contribution in [-0.4, -0.2) is 20.6 Å². The van der Waals surface area contributed by atoms with E-state index in [1.807, 2.05) is 30.3 Å². The molecule has 0 aliphatic heterocycles. The summed E-state index contributed by atoms with van der Waals surface area (Å²) in [6.07, 6.45) is 1.33. The second-order valence-electron chi connectivity index (χ2n) is 5.40. The summed E-state index contributed by atoms with van der Waals surface area (Å²) in [7, 11) is -3.67. The van der Waals surface area contributed by atoms with Crippen LogP contribution < -0.4 is 4.72 Å². The fourth-order valence-corrected chi connectivity index (χ4v) is 3.19.